The molecule has 0 radical (unpaired) electrons. The summed E-state index contributed by atoms with van der Waals surface area (Å²) in [6.07, 6.45) is 1.18. The fraction of sp³-hybridized carbons (Fsp3) is 0.318. The molecular weight excluding hydrogens is 375 g/mol. The maximum Gasteiger partial charge on any atom is 0.312 e. The Labute approximate surface area is 168 Å². The first-order chi connectivity index (χ1) is 13.8. The number of benzene rings is 2. The summed E-state index contributed by atoms with van der Waals surface area (Å²) in [5, 5.41) is 12.2. The van der Waals surface area contributed by atoms with Crippen LogP contribution in [0.25, 0.3) is 0 Å². The van der Waals surface area contributed by atoms with Crippen LogP contribution in [0.3, 0.4) is 0 Å². The average molecular weight is 398 g/mol. The normalized spacial score (nSPS) is 19.6. The van der Waals surface area contributed by atoms with Crippen LogP contribution in [-0.2, 0) is 9.59 Å². The van der Waals surface area contributed by atoms with Crippen LogP contribution in [0, 0.1) is 5.82 Å². The van der Waals surface area contributed by atoms with Crippen molar-refractivity contribution in [3.05, 3.63) is 71.5 Å². The molecule has 0 aliphatic carbocycles. The van der Waals surface area contributed by atoms with Crippen molar-refractivity contribution < 1.29 is 23.9 Å². The zero-order valence-corrected chi connectivity index (χ0v) is 16.1. The number of nitrogens with zero attached hydrogens (tertiary/aromatic N) is 1. The molecule has 0 bridgehead atoms. The molecule has 1 fully saturated rings. The van der Waals surface area contributed by atoms with Crippen LogP contribution in [0.5, 0.6) is 0 Å². The molecule has 2 aromatic carbocycles. The van der Waals surface area contributed by atoms with Gasteiger partial charge in [0.2, 0.25) is 5.91 Å². The van der Waals surface area contributed by atoms with Gasteiger partial charge in [-0.2, -0.15) is 0 Å². The summed E-state index contributed by atoms with van der Waals surface area (Å²) in [5.41, 5.74) is -0.158. The largest absolute Gasteiger partial charge is 0.481 e. The van der Waals surface area contributed by atoms with E-state index < -0.39 is 29.2 Å². The smallest absolute Gasteiger partial charge is 0.312 e. The number of hydrogen-bond donors (Lipinski definition) is 2. The van der Waals surface area contributed by atoms with E-state index in [4.69, 9.17) is 0 Å². The highest BCUT2D eigenvalue weighted by molar-refractivity contribution is 5.99. The number of carboxylic acids is 1. The minimum Gasteiger partial charge on any atom is -0.481 e. The van der Waals surface area contributed by atoms with Crippen LogP contribution in [0.4, 0.5) is 4.39 Å². The van der Waals surface area contributed by atoms with Crippen molar-refractivity contribution in [2.24, 2.45) is 0 Å². The van der Waals surface area contributed by atoms with Crippen LogP contribution >= 0.6 is 0 Å². The molecule has 29 heavy (non-hydrogen) atoms. The third-order valence-corrected chi connectivity index (χ3v) is 5.43. The molecule has 2 aromatic rings. The number of rotatable bonds is 6. The molecule has 1 aliphatic heterocycles. The third-order valence-electron chi connectivity index (χ3n) is 5.43. The molecule has 2 amide bonds. The van der Waals surface area contributed by atoms with E-state index in [1.807, 2.05) is 6.07 Å². The first-order valence-corrected chi connectivity index (χ1v) is 9.46. The predicted molar refractivity (Wildman–Crippen MR) is 105 cm³/mol. The topological polar surface area (TPSA) is 86.7 Å². The van der Waals surface area contributed by atoms with Crippen molar-refractivity contribution >= 4 is 17.8 Å². The van der Waals surface area contributed by atoms with Gasteiger partial charge in [0.15, 0.2) is 0 Å². The Kier molecular flexibility index (Phi) is 5.96. The Morgan fingerprint density at radius 3 is 2.41 bits per heavy atom. The van der Waals surface area contributed by atoms with Gasteiger partial charge in [0, 0.05) is 18.7 Å². The van der Waals surface area contributed by atoms with Gasteiger partial charge in [-0.05, 0) is 49.6 Å². The summed E-state index contributed by atoms with van der Waals surface area (Å²) in [4.78, 5) is 39.0. The minimum absolute atomic E-state index is 0.150. The van der Waals surface area contributed by atoms with Crippen molar-refractivity contribution in [1.29, 1.82) is 0 Å². The Morgan fingerprint density at radius 1 is 1.14 bits per heavy atom. The lowest BCUT2D eigenvalue weighted by Gasteiger charge is -2.34. The number of likely N-dealkylation sites (tertiary alicyclic amines) is 1. The van der Waals surface area contributed by atoms with Gasteiger partial charge >= 0.3 is 5.97 Å². The zero-order chi connectivity index (χ0) is 21.0. The molecule has 2 atom stereocenters. The van der Waals surface area contributed by atoms with E-state index in [1.54, 1.807) is 36.1 Å². The first-order valence-electron chi connectivity index (χ1n) is 9.46. The number of halogens is 1. The summed E-state index contributed by atoms with van der Waals surface area (Å²) >= 11 is 0. The van der Waals surface area contributed by atoms with Gasteiger partial charge in [0.1, 0.15) is 11.4 Å². The van der Waals surface area contributed by atoms with Gasteiger partial charge in [0.25, 0.3) is 5.91 Å². The molecule has 2 N–H and O–H groups in total. The number of aliphatic carboxylic acids is 1. The van der Waals surface area contributed by atoms with Crippen LogP contribution < -0.4 is 5.32 Å². The van der Waals surface area contributed by atoms with Crippen molar-refractivity contribution in [3.63, 3.8) is 0 Å². The van der Waals surface area contributed by atoms with Gasteiger partial charge in [-0.3, -0.25) is 14.4 Å². The second kappa shape index (κ2) is 8.43. The van der Waals surface area contributed by atoms with E-state index in [2.05, 4.69) is 5.32 Å². The molecule has 1 aliphatic rings. The standard InChI is InChI=1S/C22H23FN2O4/c1-22(12-5-13-25(22)19(26)16-6-3-2-4-7-16)21(29)24-14-18(20(27)28)15-8-10-17(23)11-9-15/h2-4,6-11,18H,5,12-14H2,1H3,(H,24,29)(H,27,28). The third kappa shape index (κ3) is 4.29. The molecule has 152 valence electrons. The van der Waals surface area contributed by atoms with Crippen molar-refractivity contribution in [2.45, 2.75) is 31.2 Å². The summed E-state index contributed by atoms with van der Waals surface area (Å²) < 4.78 is 13.1. The number of carbonyl (C=O) groups is 3. The van der Waals surface area contributed by atoms with E-state index in [-0.39, 0.29) is 12.5 Å². The average Bonchev–Trinajstić information content (AvgIpc) is 3.12. The van der Waals surface area contributed by atoms with Crippen molar-refractivity contribution in [1.82, 2.24) is 10.2 Å². The summed E-state index contributed by atoms with van der Waals surface area (Å²) in [6, 6.07) is 13.9. The highest BCUT2D eigenvalue weighted by Crippen LogP contribution is 2.31. The lowest BCUT2D eigenvalue weighted by atomic mass is 9.95. The quantitative estimate of drug-likeness (QED) is 0.783. The van der Waals surface area contributed by atoms with Gasteiger partial charge in [0.05, 0.1) is 5.92 Å². The highest BCUT2D eigenvalue weighted by atomic mass is 19.1. The molecule has 1 heterocycles. The summed E-state index contributed by atoms with van der Waals surface area (Å²) in [7, 11) is 0. The van der Waals surface area contributed by atoms with Gasteiger partial charge in [-0.15, -0.1) is 0 Å². The number of amides is 2. The molecule has 0 aromatic heterocycles. The maximum atomic E-state index is 13.1. The fourth-order valence-corrected chi connectivity index (χ4v) is 3.69. The fourth-order valence-electron chi connectivity index (χ4n) is 3.69. The predicted octanol–water partition coefficient (Wildman–Crippen LogP) is 2.81. The molecule has 0 saturated carbocycles. The van der Waals surface area contributed by atoms with Crippen molar-refractivity contribution in [2.75, 3.05) is 13.1 Å². The molecule has 7 heteroatoms. The molecule has 2 unspecified atom stereocenters. The van der Waals surface area contributed by atoms with Crippen LogP contribution in [-0.4, -0.2) is 46.4 Å². The van der Waals surface area contributed by atoms with Crippen LogP contribution in [0.2, 0.25) is 0 Å². The Bertz CT molecular complexity index is 901. The van der Waals surface area contributed by atoms with Crippen LogP contribution in [0.1, 0.15) is 41.6 Å². The maximum absolute atomic E-state index is 13.1. The van der Waals surface area contributed by atoms with Gasteiger partial charge in [-0.1, -0.05) is 30.3 Å². The zero-order valence-electron chi connectivity index (χ0n) is 16.1. The molecule has 3 rings (SSSR count). The molecule has 0 spiro atoms. The van der Waals surface area contributed by atoms with Crippen LogP contribution in [0.15, 0.2) is 54.6 Å². The Morgan fingerprint density at radius 2 is 1.79 bits per heavy atom. The number of nitrogens with one attached hydrogen (secondary N) is 1. The van der Waals surface area contributed by atoms with E-state index in [1.165, 1.54) is 24.3 Å². The van der Waals surface area contributed by atoms with Gasteiger partial charge < -0.3 is 15.3 Å². The molecule has 6 nitrogen and oxygen atoms in total. The number of hydrogen-bond acceptors (Lipinski definition) is 3. The minimum atomic E-state index is -1.12. The Hall–Kier alpha value is -3.22. The second-order valence-electron chi connectivity index (χ2n) is 7.35. The first kappa shape index (κ1) is 20.5. The van der Waals surface area contributed by atoms with E-state index in [0.717, 1.165) is 0 Å². The van der Waals surface area contributed by atoms with E-state index >= 15 is 0 Å². The van der Waals surface area contributed by atoms with Crippen molar-refractivity contribution in [3.8, 4) is 0 Å². The highest BCUT2D eigenvalue weighted by Gasteiger charge is 2.46. The van der Waals surface area contributed by atoms with Gasteiger partial charge in [-0.25, -0.2) is 4.39 Å². The lowest BCUT2D eigenvalue weighted by molar-refractivity contribution is -0.139. The van der Waals surface area contributed by atoms with E-state index in [0.29, 0.717) is 30.5 Å². The SMILES string of the molecule is CC1(C(=O)NCC(C(=O)O)c2ccc(F)cc2)CCCN1C(=O)c1ccccc1. The second-order valence-corrected chi connectivity index (χ2v) is 7.35. The molecular formula is C22H23FN2O4. The number of carbonyl (C=O) groups excluding carboxylic acids is 2. The Balaban J connectivity index is 1.73. The summed E-state index contributed by atoms with van der Waals surface area (Å²) in [5.74, 6) is -3.22. The lowest BCUT2D eigenvalue weighted by Crippen LogP contribution is -2.56. The van der Waals surface area contributed by atoms with E-state index in [9.17, 15) is 23.9 Å². The summed E-state index contributed by atoms with van der Waals surface area (Å²) in [6.45, 7) is 2.00. The molecule has 1 saturated heterocycles. The number of carboxylic acid groups (broad SMARTS) is 1. The monoisotopic (exact) mass is 398 g/mol.